The molecule has 0 saturated heterocycles. The summed E-state index contributed by atoms with van der Waals surface area (Å²) in [5, 5.41) is 0. The van der Waals surface area contributed by atoms with E-state index in [9.17, 15) is 4.79 Å². The normalized spacial score (nSPS) is 28.8. The maximum Gasteiger partial charge on any atom is 0.331 e. The number of rotatable bonds is 2. The fourth-order valence-corrected chi connectivity index (χ4v) is 2.50. The van der Waals surface area contributed by atoms with Crippen LogP contribution in [-0.4, -0.2) is 12.1 Å². The Morgan fingerprint density at radius 2 is 2.07 bits per heavy atom. The fraction of sp³-hybridized carbons (Fsp3) is 0.750. The second-order valence-corrected chi connectivity index (χ2v) is 4.51. The van der Waals surface area contributed by atoms with Crippen LogP contribution in [0.25, 0.3) is 0 Å². The smallest absolute Gasteiger partial charge is 0.331 e. The number of ether oxygens (including phenoxy) is 1. The van der Waals surface area contributed by atoms with E-state index in [4.69, 9.17) is 4.74 Å². The Balaban J connectivity index is 1.90. The lowest BCUT2D eigenvalue weighted by molar-refractivity contribution is -0.138. The molecule has 0 amide bonds. The summed E-state index contributed by atoms with van der Waals surface area (Å²) >= 11 is 0. The summed E-state index contributed by atoms with van der Waals surface area (Å²) in [6.07, 6.45) is 9.58. The van der Waals surface area contributed by atoms with Crippen LogP contribution in [0.1, 0.15) is 45.4 Å². The quantitative estimate of drug-likeness (QED) is 0.632. The predicted molar refractivity (Wildman–Crippen MR) is 54.8 cm³/mol. The van der Waals surface area contributed by atoms with Gasteiger partial charge in [-0.2, -0.15) is 0 Å². The molecule has 0 aromatic carbocycles. The summed E-state index contributed by atoms with van der Waals surface area (Å²) in [4.78, 5) is 11.0. The summed E-state index contributed by atoms with van der Waals surface area (Å²) in [5.74, 6) is 0.648. The molecule has 1 saturated carbocycles. The molecule has 2 aliphatic rings. The predicted octanol–water partition coefficient (Wildman–Crippen LogP) is 2.83. The first-order valence-corrected chi connectivity index (χ1v) is 5.67. The highest BCUT2D eigenvalue weighted by Crippen LogP contribution is 2.31. The second-order valence-electron chi connectivity index (χ2n) is 4.51. The van der Waals surface area contributed by atoms with E-state index in [1.807, 2.05) is 6.92 Å². The van der Waals surface area contributed by atoms with Gasteiger partial charge in [0.25, 0.3) is 0 Å². The van der Waals surface area contributed by atoms with Crippen LogP contribution in [0.2, 0.25) is 0 Å². The minimum atomic E-state index is -0.150. The molecule has 1 aliphatic carbocycles. The number of cyclic esters (lactones) is 1. The molecule has 0 N–H and O–H groups in total. The van der Waals surface area contributed by atoms with Crippen LogP contribution in [0.5, 0.6) is 0 Å². The van der Waals surface area contributed by atoms with E-state index in [0.717, 1.165) is 12.3 Å². The van der Waals surface area contributed by atoms with E-state index in [2.05, 4.69) is 0 Å². The molecule has 2 rings (SSSR count). The average Bonchev–Trinajstić information content (AvgIpc) is 2.47. The number of carbonyl (C=O) groups is 1. The van der Waals surface area contributed by atoms with E-state index >= 15 is 0 Å². The van der Waals surface area contributed by atoms with Gasteiger partial charge in [0.1, 0.15) is 6.10 Å². The maximum atomic E-state index is 11.0. The van der Waals surface area contributed by atoms with Gasteiger partial charge in [0.2, 0.25) is 0 Å². The molecule has 1 heterocycles. The highest BCUT2D eigenvalue weighted by Gasteiger charge is 2.24. The lowest BCUT2D eigenvalue weighted by atomic mass is 9.84. The third-order valence-corrected chi connectivity index (χ3v) is 3.37. The maximum absolute atomic E-state index is 11.0. The molecule has 78 valence electrons. The summed E-state index contributed by atoms with van der Waals surface area (Å²) in [5.41, 5.74) is 1.21. The Morgan fingerprint density at radius 3 is 2.64 bits per heavy atom. The van der Waals surface area contributed by atoms with Gasteiger partial charge in [-0.15, -0.1) is 0 Å². The molecule has 1 atom stereocenters. The van der Waals surface area contributed by atoms with Crippen LogP contribution in [0.4, 0.5) is 0 Å². The average molecular weight is 194 g/mol. The molecule has 0 bridgehead atoms. The molecule has 0 spiro atoms. The van der Waals surface area contributed by atoms with Crippen LogP contribution in [0.3, 0.4) is 0 Å². The van der Waals surface area contributed by atoms with Crippen molar-refractivity contribution in [2.75, 3.05) is 0 Å². The molecule has 0 aromatic rings. The van der Waals surface area contributed by atoms with E-state index < -0.39 is 0 Å². The number of hydrogen-bond donors (Lipinski definition) is 0. The fourth-order valence-electron chi connectivity index (χ4n) is 2.50. The van der Waals surface area contributed by atoms with Crippen molar-refractivity contribution in [1.82, 2.24) is 0 Å². The Hall–Kier alpha value is -0.790. The van der Waals surface area contributed by atoms with Gasteiger partial charge < -0.3 is 4.74 Å². The summed E-state index contributed by atoms with van der Waals surface area (Å²) in [6, 6.07) is 0. The van der Waals surface area contributed by atoms with Gasteiger partial charge in [0.15, 0.2) is 0 Å². The molecular weight excluding hydrogens is 176 g/mol. The lowest BCUT2D eigenvalue weighted by Gasteiger charge is -2.22. The van der Waals surface area contributed by atoms with E-state index in [-0.39, 0.29) is 12.1 Å². The van der Waals surface area contributed by atoms with Gasteiger partial charge in [-0.05, 0) is 24.8 Å². The van der Waals surface area contributed by atoms with Gasteiger partial charge in [0.05, 0.1) is 0 Å². The first kappa shape index (κ1) is 9.75. The van der Waals surface area contributed by atoms with Crippen molar-refractivity contribution in [1.29, 1.82) is 0 Å². The first-order chi connectivity index (χ1) is 6.75. The van der Waals surface area contributed by atoms with Crippen LogP contribution >= 0.6 is 0 Å². The van der Waals surface area contributed by atoms with Gasteiger partial charge in [-0.3, -0.25) is 0 Å². The van der Waals surface area contributed by atoms with Gasteiger partial charge >= 0.3 is 5.97 Å². The third-order valence-electron chi connectivity index (χ3n) is 3.37. The molecule has 0 radical (unpaired) electrons. The van der Waals surface area contributed by atoms with Crippen molar-refractivity contribution < 1.29 is 9.53 Å². The molecular formula is C12H18O2. The molecule has 0 aromatic heterocycles. The van der Waals surface area contributed by atoms with Gasteiger partial charge in [-0.25, -0.2) is 4.79 Å². The molecule has 1 aliphatic heterocycles. The van der Waals surface area contributed by atoms with Gasteiger partial charge in [-0.1, -0.05) is 32.1 Å². The minimum Gasteiger partial charge on any atom is -0.455 e. The molecule has 14 heavy (non-hydrogen) atoms. The number of hydrogen-bond acceptors (Lipinski definition) is 2. The summed E-state index contributed by atoms with van der Waals surface area (Å²) in [7, 11) is 0. The lowest BCUT2D eigenvalue weighted by Crippen LogP contribution is -2.12. The van der Waals surface area contributed by atoms with Crippen molar-refractivity contribution in [2.24, 2.45) is 5.92 Å². The Labute approximate surface area is 85.3 Å². The zero-order chi connectivity index (χ0) is 9.97. The zero-order valence-electron chi connectivity index (χ0n) is 8.79. The highest BCUT2D eigenvalue weighted by atomic mass is 16.5. The second kappa shape index (κ2) is 4.16. The van der Waals surface area contributed by atoms with Crippen LogP contribution < -0.4 is 0 Å². The van der Waals surface area contributed by atoms with Crippen LogP contribution in [0.15, 0.2) is 11.6 Å². The largest absolute Gasteiger partial charge is 0.455 e. The van der Waals surface area contributed by atoms with Crippen molar-refractivity contribution in [3.05, 3.63) is 11.6 Å². The standard InChI is InChI=1S/C12H18O2/c1-9-11(8-12(13)14-9)7-10-5-3-2-4-6-10/h8-10H,2-7H2,1H3. The zero-order valence-corrected chi connectivity index (χ0v) is 8.79. The third kappa shape index (κ3) is 2.17. The number of esters is 1. The van der Waals surface area contributed by atoms with Crippen molar-refractivity contribution >= 4 is 5.97 Å². The summed E-state index contributed by atoms with van der Waals surface area (Å²) in [6.45, 7) is 1.97. The van der Waals surface area contributed by atoms with E-state index in [1.165, 1.54) is 37.7 Å². The van der Waals surface area contributed by atoms with E-state index in [0.29, 0.717) is 0 Å². The molecule has 1 unspecified atom stereocenters. The summed E-state index contributed by atoms with van der Waals surface area (Å²) < 4.78 is 5.08. The SMILES string of the molecule is CC1OC(=O)C=C1CC1CCCCC1. The van der Waals surface area contributed by atoms with Crippen LogP contribution in [0, 0.1) is 5.92 Å². The molecule has 2 nitrogen and oxygen atoms in total. The van der Waals surface area contributed by atoms with Crippen molar-refractivity contribution in [3.63, 3.8) is 0 Å². The monoisotopic (exact) mass is 194 g/mol. The Bertz CT molecular complexity index is 249. The highest BCUT2D eigenvalue weighted by molar-refractivity contribution is 5.85. The number of carbonyl (C=O) groups excluding carboxylic acids is 1. The first-order valence-electron chi connectivity index (χ1n) is 5.67. The van der Waals surface area contributed by atoms with Crippen LogP contribution in [-0.2, 0) is 9.53 Å². The minimum absolute atomic E-state index is 0.0319. The topological polar surface area (TPSA) is 26.3 Å². The van der Waals surface area contributed by atoms with E-state index in [1.54, 1.807) is 6.08 Å². The molecule has 1 fully saturated rings. The Kier molecular flexibility index (Phi) is 2.90. The van der Waals surface area contributed by atoms with Crippen molar-refractivity contribution in [2.45, 2.75) is 51.6 Å². The Morgan fingerprint density at radius 1 is 1.36 bits per heavy atom. The van der Waals surface area contributed by atoms with Gasteiger partial charge in [0, 0.05) is 6.08 Å². The van der Waals surface area contributed by atoms with Crippen molar-refractivity contribution in [3.8, 4) is 0 Å². The molecule has 2 heteroatoms.